The van der Waals surface area contributed by atoms with Crippen LogP contribution in [0.1, 0.15) is 64.5 Å². The highest BCUT2D eigenvalue weighted by Gasteiger charge is 2.35. The number of piperidine rings is 1. The van der Waals surface area contributed by atoms with E-state index in [4.69, 9.17) is 16.3 Å². The van der Waals surface area contributed by atoms with Crippen molar-refractivity contribution in [1.29, 1.82) is 0 Å². The van der Waals surface area contributed by atoms with Crippen molar-refractivity contribution >= 4 is 28.7 Å². The summed E-state index contributed by atoms with van der Waals surface area (Å²) >= 11 is 6.06. The van der Waals surface area contributed by atoms with Crippen LogP contribution in [0.2, 0.25) is 5.28 Å². The molecular formula is C22H31ClN4O2. The minimum absolute atomic E-state index is 0.175. The number of carbonyl (C=O) groups excluding carboxylic acids is 1. The minimum atomic E-state index is -0.434. The number of fused-ring (bicyclic) bond motifs is 1. The molecule has 4 rings (SSSR count). The SMILES string of the molecule is Cc1cn(C2CCC(C3CCN(C(=O)OC(C)(C)C)CC3)C2)c2nc(Cl)ncc12. The maximum absolute atomic E-state index is 12.3. The third-order valence-electron chi connectivity index (χ3n) is 6.44. The molecule has 2 aliphatic rings. The number of hydrogen-bond donors (Lipinski definition) is 0. The Morgan fingerprint density at radius 3 is 2.59 bits per heavy atom. The number of halogens is 1. The van der Waals surface area contributed by atoms with Crippen molar-refractivity contribution < 1.29 is 9.53 Å². The molecule has 2 unspecified atom stereocenters. The first kappa shape index (κ1) is 20.5. The fraction of sp³-hybridized carbons (Fsp3) is 0.682. The zero-order valence-electron chi connectivity index (χ0n) is 17.8. The average Bonchev–Trinajstić information content (AvgIpc) is 3.25. The molecule has 2 aromatic heterocycles. The normalized spacial score (nSPS) is 23.7. The fourth-order valence-electron chi connectivity index (χ4n) is 5.00. The Morgan fingerprint density at radius 2 is 1.90 bits per heavy atom. The van der Waals surface area contributed by atoms with E-state index in [1.807, 2.05) is 31.9 Å². The predicted octanol–water partition coefficient (Wildman–Crippen LogP) is 5.38. The monoisotopic (exact) mass is 418 g/mol. The van der Waals surface area contributed by atoms with E-state index in [9.17, 15) is 4.79 Å². The van der Waals surface area contributed by atoms with Crippen molar-refractivity contribution in [2.45, 2.75) is 71.4 Å². The van der Waals surface area contributed by atoms with Gasteiger partial charge in [0.15, 0.2) is 0 Å². The molecule has 7 heteroatoms. The van der Waals surface area contributed by atoms with E-state index >= 15 is 0 Å². The van der Waals surface area contributed by atoms with Gasteiger partial charge in [0.25, 0.3) is 0 Å². The summed E-state index contributed by atoms with van der Waals surface area (Å²) in [5.41, 5.74) is 1.72. The Balaban J connectivity index is 1.38. The average molecular weight is 419 g/mol. The summed E-state index contributed by atoms with van der Waals surface area (Å²) < 4.78 is 7.84. The first-order valence-electron chi connectivity index (χ1n) is 10.7. The van der Waals surface area contributed by atoms with E-state index in [1.54, 1.807) is 0 Å². The number of carbonyl (C=O) groups is 1. The Labute approximate surface area is 177 Å². The number of aromatic nitrogens is 3. The number of rotatable bonds is 2. The zero-order valence-corrected chi connectivity index (χ0v) is 18.6. The van der Waals surface area contributed by atoms with Crippen LogP contribution in [0, 0.1) is 18.8 Å². The molecular weight excluding hydrogens is 388 g/mol. The molecule has 2 fully saturated rings. The molecule has 2 atom stereocenters. The van der Waals surface area contributed by atoms with Gasteiger partial charge >= 0.3 is 6.09 Å². The summed E-state index contributed by atoms with van der Waals surface area (Å²) in [4.78, 5) is 22.8. The number of hydrogen-bond acceptors (Lipinski definition) is 4. The third kappa shape index (κ3) is 4.37. The first-order valence-corrected chi connectivity index (χ1v) is 11.1. The smallest absolute Gasteiger partial charge is 0.410 e. The van der Waals surface area contributed by atoms with Crippen molar-refractivity contribution in [3.63, 3.8) is 0 Å². The second-order valence-electron chi connectivity index (χ2n) is 9.63. The minimum Gasteiger partial charge on any atom is -0.444 e. The van der Waals surface area contributed by atoms with Gasteiger partial charge in [-0.2, -0.15) is 4.98 Å². The van der Waals surface area contributed by atoms with Crippen LogP contribution in [0.15, 0.2) is 12.4 Å². The lowest BCUT2D eigenvalue weighted by molar-refractivity contribution is 0.0159. The highest BCUT2D eigenvalue weighted by molar-refractivity contribution is 6.28. The number of ether oxygens (including phenoxy) is 1. The maximum Gasteiger partial charge on any atom is 0.410 e. The Bertz CT molecular complexity index is 896. The van der Waals surface area contributed by atoms with Crippen LogP contribution in [0.25, 0.3) is 11.0 Å². The molecule has 0 spiro atoms. The molecule has 0 N–H and O–H groups in total. The van der Waals surface area contributed by atoms with E-state index in [2.05, 4.69) is 27.7 Å². The Hall–Kier alpha value is -1.82. The van der Waals surface area contributed by atoms with Gasteiger partial charge in [-0.15, -0.1) is 0 Å². The highest BCUT2D eigenvalue weighted by atomic mass is 35.5. The topological polar surface area (TPSA) is 60.2 Å². The zero-order chi connectivity index (χ0) is 20.8. The lowest BCUT2D eigenvalue weighted by Crippen LogP contribution is -2.42. The molecule has 0 aromatic carbocycles. The largest absolute Gasteiger partial charge is 0.444 e. The van der Waals surface area contributed by atoms with Crippen LogP contribution in [0.5, 0.6) is 0 Å². The molecule has 6 nitrogen and oxygen atoms in total. The van der Waals surface area contributed by atoms with Crippen molar-refractivity contribution in [3.8, 4) is 0 Å². The lowest BCUT2D eigenvalue weighted by Gasteiger charge is -2.35. The van der Waals surface area contributed by atoms with Gasteiger partial charge in [0.05, 0.1) is 0 Å². The van der Waals surface area contributed by atoms with Crippen LogP contribution in [-0.2, 0) is 4.74 Å². The molecule has 1 saturated carbocycles. The van der Waals surface area contributed by atoms with Crippen molar-refractivity contribution in [2.75, 3.05) is 13.1 Å². The van der Waals surface area contributed by atoms with Crippen LogP contribution < -0.4 is 0 Å². The number of nitrogens with zero attached hydrogens (tertiary/aromatic N) is 4. The number of amides is 1. The van der Waals surface area contributed by atoms with Gasteiger partial charge in [-0.3, -0.25) is 0 Å². The maximum atomic E-state index is 12.3. The standard InChI is InChI=1S/C22H31ClN4O2/c1-14-13-27(19-18(14)12-24-20(23)25-19)17-6-5-16(11-17)15-7-9-26(10-8-15)21(28)29-22(2,3)4/h12-13,15-17H,5-11H2,1-4H3. The molecule has 3 heterocycles. The highest BCUT2D eigenvalue weighted by Crippen LogP contribution is 2.43. The number of aryl methyl sites for hydroxylation is 1. The summed E-state index contributed by atoms with van der Waals surface area (Å²) in [6, 6.07) is 0.464. The molecule has 1 aliphatic heterocycles. The van der Waals surface area contributed by atoms with Crippen molar-refractivity contribution in [1.82, 2.24) is 19.4 Å². The molecule has 1 aliphatic carbocycles. The van der Waals surface area contributed by atoms with Crippen molar-refractivity contribution in [3.05, 3.63) is 23.2 Å². The van der Waals surface area contributed by atoms with E-state index in [-0.39, 0.29) is 6.09 Å². The van der Waals surface area contributed by atoms with Crippen LogP contribution >= 0.6 is 11.6 Å². The van der Waals surface area contributed by atoms with Gasteiger partial charge < -0.3 is 14.2 Å². The van der Waals surface area contributed by atoms with Gasteiger partial charge in [0.1, 0.15) is 11.2 Å². The van der Waals surface area contributed by atoms with Gasteiger partial charge in [-0.25, -0.2) is 9.78 Å². The molecule has 1 saturated heterocycles. The molecule has 29 heavy (non-hydrogen) atoms. The Kier molecular flexibility index (Phi) is 5.49. The summed E-state index contributed by atoms with van der Waals surface area (Å²) in [5.74, 6) is 1.38. The third-order valence-corrected chi connectivity index (χ3v) is 6.62. The van der Waals surface area contributed by atoms with E-state index in [0.717, 1.165) is 37.0 Å². The molecule has 2 aromatic rings. The lowest BCUT2D eigenvalue weighted by atomic mass is 9.83. The molecule has 158 valence electrons. The fourth-order valence-corrected chi connectivity index (χ4v) is 5.13. The predicted molar refractivity (Wildman–Crippen MR) is 114 cm³/mol. The number of likely N-dealkylation sites (tertiary alicyclic amines) is 1. The second-order valence-corrected chi connectivity index (χ2v) is 9.97. The van der Waals surface area contributed by atoms with Gasteiger partial charge in [-0.1, -0.05) is 0 Å². The molecule has 1 amide bonds. The van der Waals surface area contributed by atoms with Gasteiger partial charge in [0.2, 0.25) is 5.28 Å². The summed E-state index contributed by atoms with van der Waals surface area (Å²) in [6.07, 6.45) is 9.56. The van der Waals surface area contributed by atoms with Crippen LogP contribution in [0.3, 0.4) is 0 Å². The van der Waals surface area contributed by atoms with Crippen LogP contribution in [-0.4, -0.2) is 44.2 Å². The van der Waals surface area contributed by atoms with E-state index < -0.39 is 5.60 Å². The van der Waals surface area contributed by atoms with Gasteiger partial charge in [0, 0.05) is 36.9 Å². The summed E-state index contributed by atoms with van der Waals surface area (Å²) in [6.45, 7) is 9.46. The molecule has 0 bridgehead atoms. The summed E-state index contributed by atoms with van der Waals surface area (Å²) in [7, 11) is 0. The van der Waals surface area contributed by atoms with E-state index in [1.165, 1.54) is 24.8 Å². The quantitative estimate of drug-likeness (QED) is 0.614. The van der Waals surface area contributed by atoms with Crippen molar-refractivity contribution in [2.24, 2.45) is 11.8 Å². The van der Waals surface area contributed by atoms with Gasteiger partial charge in [-0.05, 0) is 88.8 Å². The Morgan fingerprint density at radius 1 is 1.17 bits per heavy atom. The second kappa shape index (κ2) is 7.78. The molecule has 0 radical (unpaired) electrons. The van der Waals surface area contributed by atoms with Crippen LogP contribution in [0.4, 0.5) is 4.79 Å². The first-order chi connectivity index (χ1) is 13.7. The summed E-state index contributed by atoms with van der Waals surface area (Å²) in [5, 5.41) is 1.39. The van der Waals surface area contributed by atoms with E-state index in [0.29, 0.717) is 23.2 Å².